The van der Waals surface area contributed by atoms with Crippen LogP contribution in [0, 0.1) is 0 Å². The zero-order valence-electron chi connectivity index (χ0n) is 11.6. The highest BCUT2D eigenvalue weighted by Gasteiger charge is 2.35. The number of aliphatic hydroxyl groups is 4. The Labute approximate surface area is 129 Å². The lowest BCUT2D eigenvalue weighted by molar-refractivity contribution is -0.138. The van der Waals surface area contributed by atoms with E-state index in [1.807, 2.05) is 0 Å². The van der Waals surface area contributed by atoms with Crippen molar-refractivity contribution in [1.82, 2.24) is 0 Å². The molecule has 10 heteroatoms. The van der Waals surface area contributed by atoms with Crippen LogP contribution in [0.25, 0.3) is 0 Å². The van der Waals surface area contributed by atoms with E-state index >= 15 is 0 Å². The summed E-state index contributed by atoms with van der Waals surface area (Å²) in [4.78, 5) is 22.5. The van der Waals surface area contributed by atoms with Crippen LogP contribution < -0.4 is 0 Å². The van der Waals surface area contributed by atoms with Gasteiger partial charge in [0.25, 0.3) is 0 Å². The van der Waals surface area contributed by atoms with Gasteiger partial charge >= 0.3 is 5.97 Å². The number of aliphatic hydroxyl groups excluding tert-OH is 4. The SMILES string of the molecule is O=CC(O)C(OC(=O)c1cc(O)c(O)c(O)c1)C(O)C(O)CO. The summed E-state index contributed by atoms with van der Waals surface area (Å²) in [6.07, 6.45) is -7.76. The number of hydrogen-bond donors (Lipinski definition) is 7. The Morgan fingerprint density at radius 3 is 2.09 bits per heavy atom. The number of ether oxygens (including phenoxy) is 1. The molecule has 1 aromatic rings. The molecule has 0 radical (unpaired) electrons. The molecule has 7 N–H and O–H groups in total. The van der Waals surface area contributed by atoms with Gasteiger partial charge in [-0.3, -0.25) is 0 Å². The molecule has 10 nitrogen and oxygen atoms in total. The summed E-state index contributed by atoms with van der Waals surface area (Å²) >= 11 is 0. The van der Waals surface area contributed by atoms with Gasteiger partial charge in [-0.05, 0) is 12.1 Å². The van der Waals surface area contributed by atoms with E-state index in [9.17, 15) is 40.2 Å². The van der Waals surface area contributed by atoms with Gasteiger partial charge in [-0.2, -0.15) is 0 Å². The zero-order valence-corrected chi connectivity index (χ0v) is 11.6. The topological polar surface area (TPSA) is 185 Å². The standard InChI is InChI=1S/C13H16O10/c14-3-8(18)11(21)12(9(19)4-15)23-13(22)5-1-6(16)10(20)7(17)2-5/h1-2,4,8-9,11-12,14,16-21H,3H2. The van der Waals surface area contributed by atoms with Crippen molar-refractivity contribution in [3.8, 4) is 17.2 Å². The molecular weight excluding hydrogens is 316 g/mol. The second-order valence-corrected chi connectivity index (χ2v) is 4.60. The van der Waals surface area contributed by atoms with Crippen LogP contribution in [0.3, 0.4) is 0 Å². The van der Waals surface area contributed by atoms with Crippen LogP contribution in [-0.4, -0.2) is 79.0 Å². The van der Waals surface area contributed by atoms with Gasteiger partial charge in [0.2, 0.25) is 0 Å². The Morgan fingerprint density at radius 1 is 1.13 bits per heavy atom. The van der Waals surface area contributed by atoms with E-state index < -0.39 is 59.8 Å². The molecule has 1 aromatic carbocycles. The van der Waals surface area contributed by atoms with Gasteiger partial charge in [0.15, 0.2) is 29.6 Å². The minimum absolute atomic E-state index is 0.0585. The summed E-state index contributed by atoms with van der Waals surface area (Å²) in [5.41, 5.74) is -0.466. The van der Waals surface area contributed by atoms with E-state index in [0.717, 1.165) is 12.1 Å². The number of aromatic hydroxyl groups is 3. The van der Waals surface area contributed by atoms with Crippen LogP contribution >= 0.6 is 0 Å². The Balaban J connectivity index is 3.04. The number of phenols is 3. The third-order valence-corrected chi connectivity index (χ3v) is 2.94. The molecule has 23 heavy (non-hydrogen) atoms. The van der Waals surface area contributed by atoms with Gasteiger partial charge in [0.1, 0.15) is 18.3 Å². The summed E-state index contributed by atoms with van der Waals surface area (Å²) in [5, 5.41) is 65.0. The third-order valence-electron chi connectivity index (χ3n) is 2.94. The van der Waals surface area contributed by atoms with Crippen molar-refractivity contribution >= 4 is 12.3 Å². The maximum Gasteiger partial charge on any atom is 0.338 e. The highest BCUT2D eigenvalue weighted by molar-refractivity contribution is 5.91. The summed E-state index contributed by atoms with van der Waals surface area (Å²) in [5.74, 6) is -3.83. The van der Waals surface area contributed by atoms with Crippen LogP contribution in [0.4, 0.5) is 0 Å². The van der Waals surface area contributed by atoms with E-state index in [2.05, 4.69) is 4.74 Å². The Kier molecular flexibility index (Phi) is 6.28. The number of benzene rings is 1. The molecule has 0 spiro atoms. The fourth-order valence-electron chi connectivity index (χ4n) is 1.66. The molecule has 0 aromatic heterocycles. The molecule has 0 aliphatic rings. The average Bonchev–Trinajstić information content (AvgIpc) is 2.54. The predicted molar refractivity (Wildman–Crippen MR) is 71.8 cm³/mol. The summed E-state index contributed by atoms with van der Waals surface area (Å²) in [6, 6.07) is 1.47. The number of rotatable bonds is 7. The zero-order chi connectivity index (χ0) is 17.7. The molecule has 0 aliphatic carbocycles. The number of esters is 1. The number of aldehydes is 1. The lowest BCUT2D eigenvalue weighted by Crippen LogP contribution is -2.48. The first-order valence-electron chi connectivity index (χ1n) is 6.29. The molecule has 128 valence electrons. The van der Waals surface area contributed by atoms with Crippen molar-refractivity contribution in [2.24, 2.45) is 0 Å². The van der Waals surface area contributed by atoms with Crippen molar-refractivity contribution in [3.63, 3.8) is 0 Å². The van der Waals surface area contributed by atoms with Crippen molar-refractivity contribution in [2.45, 2.75) is 24.4 Å². The Morgan fingerprint density at radius 2 is 1.65 bits per heavy atom. The summed E-state index contributed by atoms with van der Waals surface area (Å²) in [6.45, 7) is -0.929. The van der Waals surface area contributed by atoms with Crippen molar-refractivity contribution in [3.05, 3.63) is 17.7 Å². The average molecular weight is 332 g/mol. The Bertz CT molecular complexity index is 549. The molecule has 0 amide bonds. The highest BCUT2D eigenvalue weighted by atomic mass is 16.6. The minimum atomic E-state index is -2.01. The van der Waals surface area contributed by atoms with Crippen LogP contribution in [0.5, 0.6) is 17.2 Å². The largest absolute Gasteiger partial charge is 0.504 e. The number of carbonyl (C=O) groups is 2. The number of carbonyl (C=O) groups excluding carboxylic acids is 2. The molecule has 0 saturated carbocycles. The van der Waals surface area contributed by atoms with E-state index in [4.69, 9.17) is 5.11 Å². The maximum atomic E-state index is 11.9. The van der Waals surface area contributed by atoms with Crippen LogP contribution in [-0.2, 0) is 9.53 Å². The van der Waals surface area contributed by atoms with Gasteiger partial charge in [-0.1, -0.05) is 0 Å². The normalized spacial score (nSPS) is 16.2. The summed E-state index contributed by atoms with van der Waals surface area (Å²) in [7, 11) is 0. The molecule has 0 fully saturated rings. The fraction of sp³-hybridized carbons (Fsp3) is 0.385. The van der Waals surface area contributed by atoms with E-state index in [1.54, 1.807) is 0 Å². The quantitative estimate of drug-likeness (QED) is 0.161. The molecule has 4 unspecified atom stereocenters. The number of hydrogen-bond acceptors (Lipinski definition) is 10. The Hall–Kier alpha value is -2.40. The molecule has 0 aliphatic heterocycles. The van der Waals surface area contributed by atoms with Gasteiger partial charge in [0.05, 0.1) is 12.2 Å². The second kappa shape index (κ2) is 7.74. The van der Waals surface area contributed by atoms with E-state index in [-0.39, 0.29) is 6.29 Å². The molecule has 1 rings (SSSR count). The minimum Gasteiger partial charge on any atom is -0.504 e. The first kappa shape index (κ1) is 18.6. The fourth-order valence-corrected chi connectivity index (χ4v) is 1.66. The van der Waals surface area contributed by atoms with Gasteiger partial charge in [-0.25, -0.2) is 4.79 Å². The molecular formula is C13H16O10. The van der Waals surface area contributed by atoms with Gasteiger partial charge < -0.3 is 45.3 Å². The van der Waals surface area contributed by atoms with Crippen LogP contribution in [0.15, 0.2) is 12.1 Å². The summed E-state index contributed by atoms with van der Waals surface area (Å²) < 4.78 is 4.68. The maximum absolute atomic E-state index is 11.9. The van der Waals surface area contributed by atoms with Crippen LogP contribution in [0.1, 0.15) is 10.4 Å². The van der Waals surface area contributed by atoms with E-state index in [1.165, 1.54) is 0 Å². The molecule has 0 heterocycles. The first-order chi connectivity index (χ1) is 10.7. The molecule has 0 bridgehead atoms. The van der Waals surface area contributed by atoms with Crippen molar-refractivity contribution < 1.29 is 50.1 Å². The third kappa shape index (κ3) is 4.29. The monoisotopic (exact) mass is 332 g/mol. The first-order valence-corrected chi connectivity index (χ1v) is 6.29. The van der Waals surface area contributed by atoms with Gasteiger partial charge in [0, 0.05) is 0 Å². The number of phenolic OH excluding ortho intramolecular Hbond substituents is 3. The predicted octanol–water partition coefficient (Wildman–Crippen LogP) is -2.40. The lowest BCUT2D eigenvalue weighted by atomic mass is 10.0. The lowest BCUT2D eigenvalue weighted by Gasteiger charge is -2.27. The van der Waals surface area contributed by atoms with Crippen LogP contribution in [0.2, 0.25) is 0 Å². The van der Waals surface area contributed by atoms with Crippen molar-refractivity contribution in [1.29, 1.82) is 0 Å². The molecule has 4 atom stereocenters. The smallest absolute Gasteiger partial charge is 0.338 e. The van der Waals surface area contributed by atoms with Crippen molar-refractivity contribution in [2.75, 3.05) is 6.61 Å². The van der Waals surface area contributed by atoms with E-state index in [0.29, 0.717) is 0 Å². The molecule has 0 saturated heterocycles. The van der Waals surface area contributed by atoms with Gasteiger partial charge in [-0.15, -0.1) is 0 Å². The second-order valence-electron chi connectivity index (χ2n) is 4.60. The highest BCUT2D eigenvalue weighted by Crippen LogP contribution is 2.35.